The van der Waals surface area contributed by atoms with E-state index in [1.54, 1.807) is 40.0 Å². The highest BCUT2D eigenvalue weighted by Gasteiger charge is 2.21. The number of rotatable bonds is 7. The molecule has 0 saturated heterocycles. The molecule has 2 aromatic carbocycles. The Morgan fingerprint density at radius 2 is 1.69 bits per heavy atom. The highest BCUT2D eigenvalue weighted by atomic mass is 35.5. The summed E-state index contributed by atoms with van der Waals surface area (Å²) in [6, 6.07) is 16.5. The summed E-state index contributed by atoms with van der Waals surface area (Å²) in [6.07, 6.45) is 1.61. The van der Waals surface area contributed by atoms with E-state index >= 15 is 0 Å². The number of ether oxygens (including phenoxy) is 1. The predicted molar refractivity (Wildman–Crippen MR) is 112 cm³/mol. The topological polar surface area (TPSA) is 64.4 Å². The molecule has 0 unspecified atom stereocenters. The first-order chi connectivity index (χ1) is 14.0. The summed E-state index contributed by atoms with van der Waals surface area (Å²) >= 11 is 5.98. The maximum Gasteiger partial charge on any atom is 0.342 e. The molecule has 29 heavy (non-hydrogen) atoms. The van der Waals surface area contributed by atoms with Crippen LogP contribution in [0.25, 0.3) is 16.9 Å². The SMILES string of the molecule is CCN(CC)C(=O)COC(=O)c1cn(-c2ccccc2)nc1-c1ccc(Cl)cc1. The number of hydrogen-bond acceptors (Lipinski definition) is 4. The van der Waals surface area contributed by atoms with Gasteiger partial charge >= 0.3 is 5.97 Å². The average Bonchev–Trinajstić information content (AvgIpc) is 3.19. The van der Waals surface area contributed by atoms with E-state index < -0.39 is 5.97 Å². The van der Waals surface area contributed by atoms with Gasteiger partial charge in [-0.1, -0.05) is 41.9 Å². The molecule has 0 N–H and O–H groups in total. The number of halogens is 1. The molecule has 0 radical (unpaired) electrons. The van der Waals surface area contributed by atoms with Gasteiger partial charge in [-0.15, -0.1) is 0 Å². The van der Waals surface area contributed by atoms with Crippen LogP contribution in [0.15, 0.2) is 60.8 Å². The standard InChI is InChI=1S/C22H22ClN3O3/c1-3-25(4-2)20(27)15-29-22(28)19-14-26(18-8-6-5-7-9-18)24-21(19)16-10-12-17(23)13-11-16/h5-14H,3-4,15H2,1-2H3. The van der Waals surface area contributed by atoms with Crippen LogP contribution in [-0.4, -0.2) is 46.3 Å². The smallest absolute Gasteiger partial charge is 0.342 e. The Kier molecular flexibility index (Phi) is 6.67. The van der Waals surface area contributed by atoms with Crippen LogP contribution in [0.4, 0.5) is 0 Å². The molecule has 3 aromatic rings. The first-order valence-electron chi connectivity index (χ1n) is 9.39. The van der Waals surface area contributed by atoms with E-state index in [1.165, 1.54) is 0 Å². The molecule has 1 heterocycles. The Balaban J connectivity index is 1.91. The number of esters is 1. The Labute approximate surface area is 174 Å². The monoisotopic (exact) mass is 411 g/mol. The van der Waals surface area contributed by atoms with Gasteiger partial charge in [0.15, 0.2) is 6.61 Å². The molecule has 150 valence electrons. The van der Waals surface area contributed by atoms with Crippen molar-refractivity contribution in [3.05, 3.63) is 71.4 Å². The summed E-state index contributed by atoms with van der Waals surface area (Å²) in [6.45, 7) is 4.58. The van der Waals surface area contributed by atoms with Crippen LogP contribution in [0.2, 0.25) is 5.02 Å². The van der Waals surface area contributed by atoms with Gasteiger partial charge in [0.1, 0.15) is 11.3 Å². The molecule has 0 atom stereocenters. The number of hydrogen-bond donors (Lipinski definition) is 0. The number of aromatic nitrogens is 2. The zero-order valence-corrected chi connectivity index (χ0v) is 17.1. The molecule has 6 nitrogen and oxygen atoms in total. The minimum absolute atomic E-state index is 0.230. The van der Waals surface area contributed by atoms with Crippen LogP contribution in [0.1, 0.15) is 24.2 Å². The summed E-state index contributed by atoms with van der Waals surface area (Å²) in [5, 5.41) is 5.16. The summed E-state index contributed by atoms with van der Waals surface area (Å²) in [5.74, 6) is -0.829. The normalized spacial score (nSPS) is 10.6. The molecule has 0 saturated carbocycles. The number of nitrogens with zero attached hydrogens (tertiary/aromatic N) is 3. The highest BCUT2D eigenvalue weighted by molar-refractivity contribution is 6.30. The maximum atomic E-state index is 12.8. The summed E-state index contributed by atoms with van der Waals surface area (Å²) in [7, 11) is 0. The maximum absolute atomic E-state index is 12.8. The van der Waals surface area contributed by atoms with Crippen LogP contribution in [-0.2, 0) is 9.53 Å². The minimum Gasteiger partial charge on any atom is -0.452 e. The van der Waals surface area contributed by atoms with Gasteiger partial charge in [0.2, 0.25) is 0 Å². The molecule has 0 bridgehead atoms. The van der Waals surface area contributed by atoms with Crippen LogP contribution < -0.4 is 0 Å². The highest BCUT2D eigenvalue weighted by Crippen LogP contribution is 2.26. The lowest BCUT2D eigenvalue weighted by Crippen LogP contribution is -2.34. The van der Waals surface area contributed by atoms with Crippen molar-refractivity contribution in [3.63, 3.8) is 0 Å². The number of carbonyl (C=O) groups is 2. The van der Waals surface area contributed by atoms with Crippen molar-refractivity contribution in [2.75, 3.05) is 19.7 Å². The predicted octanol–water partition coefficient (Wildman–Crippen LogP) is 4.22. The van der Waals surface area contributed by atoms with Crippen molar-refractivity contribution in [1.82, 2.24) is 14.7 Å². The fourth-order valence-corrected chi connectivity index (χ4v) is 3.06. The second-order valence-electron chi connectivity index (χ2n) is 6.32. The third kappa shape index (κ3) is 4.84. The van der Waals surface area contributed by atoms with Gasteiger partial charge in [-0.05, 0) is 38.1 Å². The molecule has 1 amide bonds. The molecule has 0 spiro atoms. The molecule has 7 heteroatoms. The molecular weight excluding hydrogens is 390 g/mol. The largest absolute Gasteiger partial charge is 0.452 e. The van der Waals surface area contributed by atoms with Crippen molar-refractivity contribution in [3.8, 4) is 16.9 Å². The zero-order chi connectivity index (χ0) is 20.8. The van der Waals surface area contributed by atoms with Gasteiger partial charge in [0, 0.05) is 29.9 Å². The molecule has 0 fully saturated rings. The number of carbonyl (C=O) groups excluding carboxylic acids is 2. The van der Waals surface area contributed by atoms with E-state index in [4.69, 9.17) is 16.3 Å². The van der Waals surface area contributed by atoms with Gasteiger partial charge in [-0.25, -0.2) is 9.48 Å². The molecule has 1 aromatic heterocycles. The van der Waals surface area contributed by atoms with Gasteiger partial charge in [0.05, 0.1) is 5.69 Å². The van der Waals surface area contributed by atoms with E-state index in [0.29, 0.717) is 23.8 Å². The van der Waals surface area contributed by atoms with Crippen molar-refractivity contribution in [2.24, 2.45) is 0 Å². The van der Waals surface area contributed by atoms with Crippen LogP contribution in [0.5, 0.6) is 0 Å². The number of amides is 1. The van der Waals surface area contributed by atoms with Crippen molar-refractivity contribution >= 4 is 23.5 Å². The van der Waals surface area contributed by atoms with Gasteiger partial charge < -0.3 is 9.64 Å². The fourth-order valence-electron chi connectivity index (χ4n) is 2.93. The van der Waals surface area contributed by atoms with Crippen LogP contribution in [0.3, 0.4) is 0 Å². The Hall–Kier alpha value is -3.12. The number of para-hydroxylation sites is 1. The lowest BCUT2D eigenvalue weighted by Gasteiger charge is -2.18. The number of likely N-dealkylation sites (N-methyl/N-ethyl adjacent to an activating group) is 1. The first-order valence-corrected chi connectivity index (χ1v) is 9.77. The first kappa shape index (κ1) is 20.6. The summed E-state index contributed by atoms with van der Waals surface area (Å²) in [4.78, 5) is 26.6. The number of benzene rings is 2. The molecule has 0 aliphatic heterocycles. The van der Waals surface area contributed by atoms with E-state index in [9.17, 15) is 9.59 Å². The average molecular weight is 412 g/mol. The molecule has 0 aliphatic carbocycles. The third-order valence-electron chi connectivity index (χ3n) is 4.52. The van der Waals surface area contributed by atoms with Crippen molar-refractivity contribution in [1.29, 1.82) is 0 Å². The Morgan fingerprint density at radius 1 is 1.03 bits per heavy atom. The third-order valence-corrected chi connectivity index (χ3v) is 4.77. The Bertz CT molecular complexity index is 980. The van der Waals surface area contributed by atoms with Gasteiger partial charge in [0.25, 0.3) is 5.91 Å². The molecular formula is C22H22ClN3O3. The summed E-state index contributed by atoms with van der Waals surface area (Å²) < 4.78 is 6.92. The zero-order valence-electron chi connectivity index (χ0n) is 16.3. The lowest BCUT2D eigenvalue weighted by atomic mass is 10.1. The van der Waals surface area contributed by atoms with E-state index in [2.05, 4.69) is 5.10 Å². The molecule has 0 aliphatic rings. The second kappa shape index (κ2) is 9.39. The van der Waals surface area contributed by atoms with Crippen molar-refractivity contribution < 1.29 is 14.3 Å². The van der Waals surface area contributed by atoms with Crippen LogP contribution in [0, 0.1) is 0 Å². The summed E-state index contributed by atoms with van der Waals surface area (Å²) in [5.41, 5.74) is 2.28. The van der Waals surface area contributed by atoms with Gasteiger partial charge in [-0.2, -0.15) is 5.10 Å². The van der Waals surface area contributed by atoms with Crippen molar-refractivity contribution in [2.45, 2.75) is 13.8 Å². The van der Waals surface area contributed by atoms with E-state index in [1.807, 2.05) is 44.2 Å². The fraction of sp³-hybridized carbons (Fsp3) is 0.227. The lowest BCUT2D eigenvalue weighted by molar-refractivity contribution is -0.134. The molecule has 3 rings (SSSR count). The van der Waals surface area contributed by atoms with E-state index in [0.717, 1.165) is 11.3 Å². The second-order valence-corrected chi connectivity index (χ2v) is 6.76. The van der Waals surface area contributed by atoms with Gasteiger partial charge in [-0.3, -0.25) is 4.79 Å². The minimum atomic E-state index is -0.599. The quantitative estimate of drug-likeness (QED) is 0.546. The van der Waals surface area contributed by atoms with E-state index in [-0.39, 0.29) is 18.1 Å². The van der Waals surface area contributed by atoms with Crippen LogP contribution >= 0.6 is 11.6 Å². The Morgan fingerprint density at radius 3 is 2.31 bits per heavy atom.